The second kappa shape index (κ2) is 6.75. The monoisotopic (exact) mass is 239 g/mol. The summed E-state index contributed by atoms with van der Waals surface area (Å²) in [7, 11) is 0. The Morgan fingerprint density at radius 2 is 1.88 bits per heavy atom. The molecule has 0 unspecified atom stereocenters. The van der Waals surface area contributed by atoms with E-state index in [0.717, 1.165) is 25.6 Å². The molecule has 100 valence electrons. The Hall–Kier alpha value is -0.0800. The third kappa shape index (κ3) is 3.96. The molecule has 0 spiro atoms. The van der Waals surface area contributed by atoms with Gasteiger partial charge in [-0.2, -0.15) is 0 Å². The third-order valence-electron chi connectivity index (χ3n) is 4.55. The van der Waals surface area contributed by atoms with E-state index in [1.807, 2.05) is 0 Å². The Labute approximate surface area is 107 Å². The fourth-order valence-corrected chi connectivity index (χ4v) is 3.13. The molecule has 0 amide bonds. The lowest BCUT2D eigenvalue weighted by molar-refractivity contribution is -0.115. The molecule has 2 fully saturated rings. The highest BCUT2D eigenvalue weighted by molar-refractivity contribution is 4.90. The van der Waals surface area contributed by atoms with Gasteiger partial charge in [0.2, 0.25) is 0 Å². The van der Waals surface area contributed by atoms with Gasteiger partial charge in [0.25, 0.3) is 0 Å². The van der Waals surface area contributed by atoms with Gasteiger partial charge >= 0.3 is 0 Å². The van der Waals surface area contributed by atoms with Crippen LogP contribution in [0.4, 0.5) is 0 Å². The van der Waals surface area contributed by atoms with E-state index in [2.05, 4.69) is 12.2 Å². The van der Waals surface area contributed by atoms with Crippen molar-refractivity contribution in [3.05, 3.63) is 0 Å². The first-order chi connectivity index (χ1) is 8.35. The minimum atomic E-state index is 0.267. The van der Waals surface area contributed by atoms with Crippen LogP contribution in [0.5, 0.6) is 0 Å². The number of ether oxygens (including phenoxy) is 1. The molecule has 0 aromatic rings. The van der Waals surface area contributed by atoms with E-state index in [0.29, 0.717) is 0 Å². The maximum Gasteiger partial charge on any atom is 0.0694 e. The number of hydrogen-bond donors (Lipinski definition) is 1. The molecule has 2 aliphatic rings. The van der Waals surface area contributed by atoms with Crippen LogP contribution in [0.3, 0.4) is 0 Å². The summed E-state index contributed by atoms with van der Waals surface area (Å²) in [5.74, 6) is 0.871. The van der Waals surface area contributed by atoms with Crippen molar-refractivity contribution in [2.24, 2.45) is 5.92 Å². The fourth-order valence-electron chi connectivity index (χ4n) is 3.13. The Bertz CT molecular complexity index is 207. The van der Waals surface area contributed by atoms with Crippen molar-refractivity contribution in [3.8, 4) is 0 Å². The van der Waals surface area contributed by atoms with Crippen molar-refractivity contribution < 1.29 is 4.74 Å². The Balaban J connectivity index is 1.63. The molecule has 0 aromatic carbocycles. The lowest BCUT2D eigenvalue weighted by atomic mass is 9.77. The lowest BCUT2D eigenvalue weighted by Crippen LogP contribution is -2.43. The van der Waals surface area contributed by atoms with Gasteiger partial charge < -0.3 is 10.1 Å². The SMILES string of the molecule is CCCNCCC1(OCC2CCCC2)CCC1. The quantitative estimate of drug-likeness (QED) is 0.655. The van der Waals surface area contributed by atoms with Gasteiger partial charge in [-0.25, -0.2) is 0 Å². The van der Waals surface area contributed by atoms with Crippen molar-refractivity contribution in [1.82, 2.24) is 5.32 Å². The first-order valence-corrected chi connectivity index (χ1v) is 7.69. The van der Waals surface area contributed by atoms with Gasteiger partial charge in [0.05, 0.1) is 12.2 Å². The molecule has 0 atom stereocenters. The van der Waals surface area contributed by atoms with Gasteiger partial charge in [0.1, 0.15) is 0 Å². The van der Waals surface area contributed by atoms with E-state index < -0.39 is 0 Å². The maximum absolute atomic E-state index is 6.29. The van der Waals surface area contributed by atoms with E-state index in [4.69, 9.17) is 4.74 Å². The van der Waals surface area contributed by atoms with Gasteiger partial charge in [-0.3, -0.25) is 0 Å². The molecular weight excluding hydrogens is 210 g/mol. The molecule has 0 saturated heterocycles. The summed E-state index contributed by atoms with van der Waals surface area (Å²) in [6, 6.07) is 0. The molecule has 17 heavy (non-hydrogen) atoms. The second-order valence-electron chi connectivity index (χ2n) is 6.00. The normalized spacial score (nSPS) is 23.8. The zero-order valence-corrected chi connectivity index (χ0v) is 11.5. The van der Waals surface area contributed by atoms with E-state index >= 15 is 0 Å². The highest BCUT2D eigenvalue weighted by Gasteiger charge is 2.38. The predicted octanol–water partition coefficient (Wildman–Crippen LogP) is 3.51. The minimum Gasteiger partial charge on any atom is -0.375 e. The van der Waals surface area contributed by atoms with Crippen LogP contribution < -0.4 is 5.32 Å². The first-order valence-electron chi connectivity index (χ1n) is 7.69. The Morgan fingerprint density at radius 1 is 1.12 bits per heavy atom. The molecule has 0 aromatic heterocycles. The molecule has 2 nitrogen and oxygen atoms in total. The second-order valence-corrected chi connectivity index (χ2v) is 6.00. The number of rotatable bonds is 8. The Kier molecular flexibility index (Phi) is 5.30. The lowest BCUT2D eigenvalue weighted by Gasteiger charge is -2.42. The van der Waals surface area contributed by atoms with Gasteiger partial charge in [-0.15, -0.1) is 0 Å². The number of hydrogen-bond acceptors (Lipinski definition) is 2. The van der Waals surface area contributed by atoms with Crippen LogP contribution in [-0.4, -0.2) is 25.3 Å². The average molecular weight is 239 g/mol. The van der Waals surface area contributed by atoms with Crippen molar-refractivity contribution >= 4 is 0 Å². The van der Waals surface area contributed by atoms with Gasteiger partial charge in [-0.1, -0.05) is 19.8 Å². The molecule has 2 saturated carbocycles. The summed E-state index contributed by atoms with van der Waals surface area (Å²) in [5, 5.41) is 3.51. The van der Waals surface area contributed by atoms with Crippen molar-refractivity contribution in [1.29, 1.82) is 0 Å². The van der Waals surface area contributed by atoms with E-state index in [1.54, 1.807) is 0 Å². The van der Waals surface area contributed by atoms with Crippen LogP contribution in [0.25, 0.3) is 0 Å². The van der Waals surface area contributed by atoms with Crippen molar-refractivity contribution in [2.75, 3.05) is 19.7 Å². The standard InChI is InChI=1S/C15H29NO/c1-2-11-16-12-10-15(8-5-9-15)17-13-14-6-3-4-7-14/h14,16H,2-13H2,1H3. The van der Waals surface area contributed by atoms with Crippen LogP contribution >= 0.6 is 0 Å². The zero-order valence-electron chi connectivity index (χ0n) is 11.5. The van der Waals surface area contributed by atoms with Crippen LogP contribution in [0.1, 0.15) is 64.7 Å². The largest absolute Gasteiger partial charge is 0.375 e. The summed E-state index contributed by atoms with van der Waals surface area (Å²) in [6.45, 7) is 5.55. The van der Waals surface area contributed by atoms with Gasteiger partial charge in [-0.05, 0) is 64.0 Å². The molecule has 2 heteroatoms. The van der Waals surface area contributed by atoms with Crippen LogP contribution in [0.2, 0.25) is 0 Å². The van der Waals surface area contributed by atoms with Gasteiger partial charge in [0.15, 0.2) is 0 Å². The topological polar surface area (TPSA) is 21.3 Å². The highest BCUT2D eigenvalue weighted by Crippen LogP contribution is 2.39. The minimum absolute atomic E-state index is 0.267. The third-order valence-corrected chi connectivity index (χ3v) is 4.55. The molecule has 0 heterocycles. The molecule has 0 bridgehead atoms. The molecule has 2 aliphatic carbocycles. The maximum atomic E-state index is 6.29. The summed E-state index contributed by atoms with van der Waals surface area (Å²) < 4.78 is 6.29. The van der Waals surface area contributed by atoms with Crippen LogP contribution in [0, 0.1) is 5.92 Å². The summed E-state index contributed by atoms with van der Waals surface area (Å²) >= 11 is 0. The van der Waals surface area contributed by atoms with Crippen LogP contribution in [0.15, 0.2) is 0 Å². The zero-order chi connectivity index (χ0) is 12.0. The summed E-state index contributed by atoms with van der Waals surface area (Å²) in [4.78, 5) is 0. The van der Waals surface area contributed by atoms with E-state index in [-0.39, 0.29) is 5.60 Å². The summed E-state index contributed by atoms with van der Waals surface area (Å²) in [6.07, 6.45) is 12.1. The summed E-state index contributed by atoms with van der Waals surface area (Å²) in [5.41, 5.74) is 0.267. The van der Waals surface area contributed by atoms with E-state index in [1.165, 1.54) is 57.8 Å². The van der Waals surface area contributed by atoms with Crippen molar-refractivity contribution in [3.63, 3.8) is 0 Å². The fraction of sp³-hybridized carbons (Fsp3) is 1.00. The predicted molar refractivity (Wildman–Crippen MR) is 72.3 cm³/mol. The average Bonchev–Trinajstić information content (AvgIpc) is 2.79. The van der Waals surface area contributed by atoms with E-state index in [9.17, 15) is 0 Å². The van der Waals surface area contributed by atoms with Crippen LogP contribution in [-0.2, 0) is 4.74 Å². The molecular formula is C15H29NO. The highest BCUT2D eigenvalue weighted by atomic mass is 16.5. The molecule has 2 rings (SSSR count). The first kappa shape index (κ1) is 13.4. The molecule has 1 N–H and O–H groups in total. The van der Waals surface area contributed by atoms with Gasteiger partial charge in [0, 0.05) is 0 Å². The number of nitrogens with one attached hydrogen (secondary N) is 1. The molecule has 0 aliphatic heterocycles. The van der Waals surface area contributed by atoms with Crippen molar-refractivity contribution in [2.45, 2.75) is 70.3 Å². The molecule has 0 radical (unpaired) electrons. The smallest absolute Gasteiger partial charge is 0.0694 e. The Morgan fingerprint density at radius 3 is 2.47 bits per heavy atom.